The van der Waals surface area contributed by atoms with Gasteiger partial charge in [0.15, 0.2) is 0 Å². The highest BCUT2D eigenvalue weighted by molar-refractivity contribution is 5.90. The first-order valence-corrected chi connectivity index (χ1v) is 20.8. The summed E-state index contributed by atoms with van der Waals surface area (Å²) in [5.74, 6) is -3.27. The molecule has 9 atom stereocenters. The Bertz CT molecular complexity index is 1480. The smallest absolute Gasteiger partial charge is 0.326 e. The topological polar surface area (TPSA) is 158 Å². The van der Waals surface area contributed by atoms with Crippen LogP contribution in [0.3, 0.4) is 0 Å². The number of benzene rings is 1. The van der Waals surface area contributed by atoms with Crippen molar-refractivity contribution in [1.29, 1.82) is 0 Å². The number of likely N-dealkylation sites (N-methyl/N-ethyl adjacent to an activating group) is 2. The highest BCUT2D eigenvalue weighted by Crippen LogP contribution is 2.30. The minimum Gasteiger partial charge on any atom is -0.480 e. The first-order valence-electron chi connectivity index (χ1n) is 20.8. The first-order chi connectivity index (χ1) is 26.5. The zero-order valence-corrected chi connectivity index (χ0v) is 37.5. The molecule has 0 radical (unpaired) electrons. The van der Waals surface area contributed by atoms with Crippen LogP contribution in [0.2, 0.25) is 0 Å². The fraction of sp³-hybridized carbons (Fsp3) is 0.750. The van der Waals surface area contributed by atoms with Gasteiger partial charge in [-0.3, -0.25) is 24.1 Å². The molecule has 13 nitrogen and oxygen atoms in total. The van der Waals surface area contributed by atoms with Crippen molar-refractivity contribution in [3.8, 4) is 0 Å². The van der Waals surface area contributed by atoms with Crippen molar-refractivity contribution in [1.82, 2.24) is 25.3 Å². The molecule has 1 heterocycles. The lowest BCUT2D eigenvalue weighted by Gasteiger charge is -2.42. The molecule has 0 saturated carbocycles. The number of carboxylic acids is 1. The van der Waals surface area contributed by atoms with Gasteiger partial charge in [0.2, 0.25) is 23.6 Å². The molecule has 2 rings (SSSR count). The molecule has 1 aliphatic rings. The molecule has 1 saturated heterocycles. The van der Waals surface area contributed by atoms with E-state index >= 15 is 0 Å². The molecule has 0 unspecified atom stereocenters. The van der Waals surface area contributed by atoms with Crippen molar-refractivity contribution in [2.24, 2.45) is 23.7 Å². The third-order valence-electron chi connectivity index (χ3n) is 12.0. The minimum absolute atomic E-state index is 0.00170. The number of nitrogens with one attached hydrogen (secondary N) is 2. The second-order valence-corrected chi connectivity index (χ2v) is 17.9. The van der Waals surface area contributed by atoms with Gasteiger partial charge in [-0.05, 0) is 70.9 Å². The number of aryl methyl sites for hydroxylation is 1. The zero-order chi connectivity index (χ0) is 43.5. The van der Waals surface area contributed by atoms with Gasteiger partial charge in [-0.2, -0.15) is 0 Å². The molecule has 1 aromatic carbocycles. The predicted molar refractivity (Wildman–Crippen MR) is 223 cm³/mol. The fourth-order valence-corrected chi connectivity index (χ4v) is 8.08. The quantitative estimate of drug-likeness (QED) is 0.157. The van der Waals surface area contributed by atoms with E-state index in [0.717, 1.165) is 11.1 Å². The van der Waals surface area contributed by atoms with Crippen molar-refractivity contribution >= 4 is 29.6 Å². The number of amides is 4. The Morgan fingerprint density at radius 3 is 1.98 bits per heavy atom. The third-order valence-corrected chi connectivity index (χ3v) is 12.0. The lowest BCUT2D eigenvalue weighted by molar-refractivity contribution is -0.148. The summed E-state index contributed by atoms with van der Waals surface area (Å²) in [7, 11) is 6.70. The van der Waals surface area contributed by atoms with Crippen LogP contribution in [-0.4, -0.2) is 132 Å². The van der Waals surface area contributed by atoms with E-state index in [1.54, 1.807) is 30.9 Å². The number of ether oxygens (including phenoxy) is 2. The van der Waals surface area contributed by atoms with Crippen LogP contribution in [0.5, 0.6) is 0 Å². The molecule has 57 heavy (non-hydrogen) atoms. The van der Waals surface area contributed by atoms with Crippen LogP contribution >= 0.6 is 0 Å². The summed E-state index contributed by atoms with van der Waals surface area (Å²) < 4.78 is 11.9. The van der Waals surface area contributed by atoms with Crippen LogP contribution in [-0.2, 0) is 39.9 Å². The predicted octanol–water partition coefficient (Wildman–Crippen LogP) is 4.92. The van der Waals surface area contributed by atoms with E-state index in [9.17, 15) is 29.1 Å². The van der Waals surface area contributed by atoms with Crippen LogP contribution in [0.25, 0.3) is 0 Å². The molecular weight excluding hydrogens is 727 g/mol. The lowest BCUT2D eigenvalue weighted by Crippen LogP contribution is -2.61. The van der Waals surface area contributed by atoms with Crippen LogP contribution in [0, 0.1) is 30.6 Å². The zero-order valence-electron chi connectivity index (χ0n) is 37.5. The summed E-state index contributed by atoms with van der Waals surface area (Å²) in [4.78, 5) is 73.7. The highest BCUT2D eigenvalue weighted by Gasteiger charge is 2.44. The van der Waals surface area contributed by atoms with E-state index in [1.165, 1.54) is 7.11 Å². The standard InChI is InChI=1S/C44H75N5O8/c1-16-29(7)38(47(12)42(53)36(26(2)3)46-41(52)37(27(4)5)48(13)44(9,10)11)34(56-14)25-35(50)49-23-17-18-33(49)39(57-15)30(8)40(51)45-32(43(54)55)24-31-21-19-28(6)20-22-31/h19-22,26-27,29-30,32-34,36-39H,16-18,23-25H2,1-15H3,(H,45,51)(H,46,52)(H,54,55)/t29-,30+,32-,33-,34+,36-,37-,38-,39+/m0/s1. The fourth-order valence-electron chi connectivity index (χ4n) is 8.08. The van der Waals surface area contributed by atoms with Crippen molar-refractivity contribution in [2.45, 2.75) is 156 Å². The van der Waals surface area contributed by atoms with Gasteiger partial charge in [0.1, 0.15) is 12.1 Å². The molecule has 4 amide bonds. The summed E-state index contributed by atoms with van der Waals surface area (Å²) in [5, 5.41) is 15.8. The normalized spacial score (nSPS) is 19.1. The SMILES string of the molecule is CC[C@H](C)[C@@H]([C@@H](CC(=O)N1CCC[C@H]1[C@H](OC)[C@@H](C)C(=O)N[C@@H](Cc1ccc(C)cc1)C(=O)O)OC)N(C)C(=O)[C@@H](NC(=O)[C@H](C(C)C)N(C)C(C)(C)C)C(C)C. The summed E-state index contributed by atoms with van der Waals surface area (Å²) in [6.45, 7) is 22.2. The summed E-state index contributed by atoms with van der Waals surface area (Å²) in [5.41, 5.74) is 1.57. The molecule has 1 fully saturated rings. The summed E-state index contributed by atoms with van der Waals surface area (Å²) >= 11 is 0. The number of rotatable bonds is 21. The molecule has 3 N–H and O–H groups in total. The Kier molecular flexibility index (Phi) is 19.1. The molecule has 0 spiro atoms. The van der Waals surface area contributed by atoms with Crippen molar-refractivity contribution in [2.75, 3.05) is 34.9 Å². The molecule has 1 aromatic rings. The van der Waals surface area contributed by atoms with E-state index in [0.29, 0.717) is 25.8 Å². The maximum atomic E-state index is 14.4. The number of hydrogen-bond acceptors (Lipinski definition) is 8. The van der Waals surface area contributed by atoms with Crippen molar-refractivity contribution in [3.63, 3.8) is 0 Å². The Morgan fingerprint density at radius 2 is 1.51 bits per heavy atom. The lowest BCUT2D eigenvalue weighted by atomic mass is 9.89. The second-order valence-electron chi connectivity index (χ2n) is 17.9. The van der Waals surface area contributed by atoms with E-state index in [1.807, 2.05) is 84.7 Å². The van der Waals surface area contributed by atoms with Gasteiger partial charge in [-0.15, -0.1) is 0 Å². The summed E-state index contributed by atoms with van der Waals surface area (Å²) in [6.07, 6.45) is 0.786. The minimum atomic E-state index is -1.14. The Balaban J connectivity index is 2.30. The first kappa shape index (κ1) is 49.6. The molecule has 0 bridgehead atoms. The van der Waals surface area contributed by atoms with Crippen LogP contribution in [0.4, 0.5) is 0 Å². The van der Waals surface area contributed by atoms with Crippen LogP contribution in [0.1, 0.15) is 106 Å². The maximum absolute atomic E-state index is 14.4. The Morgan fingerprint density at radius 1 is 0.912 bits per heavy atom. The van der Waals surface area contributed by atoms with E-state index in [-0.39, 0.29) is 53.9 Å². The molecule has 0 aromatic heterocycles. The van der Waals surface area contributed by atoms with E-state index in [4.69, 9.17) is 9.47 Å². The number of aliphatic carboxylic acids is 1. The number of methoxy groups -OCH3 is 2. The van der Waals surface area contributed by atoms with Crippen molar-refractivity contribution in [3.05, 3.63) is 35.4 Å². The highest BCUT2D eigenvalue weighted by atomic mass is 16.5. The van der Waals surface area contributed by atoms with Gasteiger partial charge in [-0.1, -0.05) is 84.7 Å². The van der Waals surface area contributed by atoms with Gasteiger partial charge in [0.05, 0.1) is 42.7 Å². The second kappa shape index (κ2) is 22.0. The number of hydrogen-bond donors (Lipinski definition) is 3. The van der Waals surface area contributed by atoms with Crippen LogP contribution in [0.15, 0.2) is 24.3 Å². The van der Waals surface area contributed by atoms with E-state index < -0.39 is 60.2 Å². The van der Waals surface area contributed by atoms with Gasteiger partial charge >= 0.3 is 5.97 Å². The number of carbonyl (C=O) groups excluding carboxylic acids is 4. The average molecular weight is 802 g/mol. The average Bonchev–Trinajstić information content (AvgIpc) is 3.62. The van der Waals surface area contributed by atoms with Crippen molar-refractivity contribution < 1.29 is 38.6 Å². The largest absolute Gasteiger partial charge is 0.480 e. The number of nitrogens with zero attached hydrogens (tertiary/aromatic N) is 3. The monoisotopic (exact) mass is 802 g/mol. The Hall–Kier alpha value is -3.55. The molecule has 324 valence electrons. The molecule has 0 aliphatic carbocycles. The molecule has 1 aliphatic heterocycles. The molecule has 13 heteroatoms. The number of carboxylic acid groups (broad SMARTS) is 1. The van der Waals surface area contributed by atoms with Crippen LogP contribution < -0.4 is 10.6 Å². The van der Waals surface area contributed by atoms with E-state index in [2.05, 4.69) is 31.4 Å². The maximum Gasteiger partial charge on any atom is 0.326 e. The number of likely N-dealkylation sites (tertiary alicyclic amines) is 1. The van der Waals surface area contributed by atoms with Gasteiger partial charge in [0, 0.05) is 39.8 Å². The number of carbonyl (C=O) groups is 5. The summed E-state index contributed by atoms with van der Waals surface area (Å²) in [6, 6.07) is 4.21. The third kappa shape index (κ3) is 13.2. The van der Waals surface area contributed by atoms with Gasteiger partial charge < -0.3 is 35.0 Å². The Labute approximate surface area is 343 Å². The molecular formula is C44H75N5O8. The van der Waals surface area contributed by atoms with Gasteiger partial charge in [-0.25, -0.2) is 4.79 Å². The van der Waals surface area contributed by atoms with Gasteiger partial charge in [0.25, 0.3) is 0 Å².